The highest BCUT2D eigenvalue weighted by Crippen LogP contribution is 2.18. The molecule has 0 radical (unpaired) electrons. The average Bonchev–Trinajstić information content (AvgIpc) is 3.10. The molecule has 1 atom stereocenters. The Kier molecular flexibility index (Phi) is 5.02. The third-order valence-corrected chi connectivity index (χ3v) is 3.34. The minimum atomic E-state index is -0.822. The van der Waals surface area contributed by atoms with Crippen LogP contribution in [-0.2, 0) is 11.3 Å². The van der Waals surface area contributed by atoms with Crippen LogP contribution < -0.4 is 5.43 Å². The van der Waals surface area contributed by atoms with Crippen LogP contribution in [0.2, 0.25) is 0 Å². The van der Waals surface area contributed by atoms with Crippen molar-refractivity contribution in [2.45, 2.75) is 33.4 Å². The van der Waals surface area contributed by atoms with Gasteiger partial charge in [0.25, 0.3) is 5.91 Å². The topological polar surface area (TPSA) is 120 Å². The van der Waals surface area contributed by atoms with Gasteiger partial charge in [0.15, 0.2) is 0 Å². The third kappa shape index (κ3) is 3.45. The Labute approximate surface area is 136 Å². The predicted molar refractivity (Wildman–Crippen MR) is 81.9 cm³/mol. The van der Waals surface area contributed by atoms with Crippen LogP contribution in [-0.4, -0.2) is 36.6 Å². The first-order valence-corrected chi connectivity index (χ1v) is 7.09. The van der Waals surface area contributed by atoms with E-state index >= 15 is 0 Å². The molecule has 128 valence electrons. The van der Waals surface area contributed by atoms with E-state index in [0.717, 1.165) is 10.9 Å². The SMILES string of the molecule is CCn1ncc(C=NNC(=O)C(C)n2cc([N+](=O)[O-])c(C)n2)c1F. The largest absolute Gasteiger partial charge is 0.309 e. The number of nitrogens with one attached hydrogen (secondary N) is 1. The fourth-order valence-corrected chi connectivity index (χ4v) is 1.92. The van der Waals surface area contributed by atoms with Crippen LogP contribution in [0.25, 0.3) is 0 Å². The highest BCUT2D eigenvalue weighted by Gasteiger charge is 2.21. The first kappa shape index (κ1) is 17.2. The van der Waals surface area contributed by atoms with Gasteiger partial charge >= 0.3 is 5.69 Å². The van der Waals surface area contributed by atoms with Crippen molar-refractivity contribution in [3.63, 3.8) is 0 Å². The Hall–Kier alpha value is -3.11. The molecule has 11 heteroatoms. The maximum Gasteiger partial charge on any atom is 0.309 e. The zero-order valence-electron chi connectivity index (χ0n) is 13.3. The quantitative estimate of drug-likeness (QED) is 0.482. The Morgan fingerprint density at radius 2 is 2.33 bits per heavy atom. The molecule has 0 aliphatic heterocycles. The van der Waals surface area contributed by atoms with Crippen molar-refractivity contribution >= 4 is 17.8 Å². The summed E-state index contributed by atoms with van der Waals surface area (Å²) in [7, 11) is 0. The van der Waals surface area contributed by atoms with E-state index in [2.05, 4.69) is 20.7 Å². The number of carbonyl (C=O) groups is 1. The monoisotopic (exact) mass is 337 g/mol. The van der Waals surface area contributed by atoms with E-state index in [4.69, 9.17) is 0 Å². The predicted octanol–water partition coefficient (Wildman–Crippen LogP) is 1.17. The second kappa shape index (κ2) is 6.98. The molecule has 0 bridgehead atoms. The standard InChI is InChI=1S/C13H16FN7O3/c1-4-19-12(14)10(6-16-19)5-15-17-13(22)9(3)20-7-11(21(23)24)8(2)18-20/h5-7,9H,4H2,1-3H3,(H,17,22). The summed E-state index contributed by atoms with van der Waals surface area (Å²) in [6.07, 6.45) is 3.60. The Balaban J connectivity index is 2.03. The molecular formula is C13H16FN7O3. The number of nitrogens with zero attached hydrogens (tertiary/aromatic N) is 6. The normalized spacial score (nSPS) is 12.5. The molecule has 0 aliphatic rings. The molecule has 0 aliphatic carbocycles. The number of nitro groups is 1. The first-order chi connectivity index (χ1) is 11.3. The first-order valence-electron chi connectivity index (χ1n) is 7.09. The van der Waals surface area contributed by atoms with E-state index < -0.39 is 22.8 Å². The molecule has 0 aromatic carbocycles. The summed E-state index contributed by atoms with van der Waals surface area (Å²) >= 11 is 0. The molecule has 24 heavy (non-hydrogen) atoms. The van der Waals surface area contributed by atoms with Gasteiger partial charge in [0.2, 0.25) is 5.95 Å². The van der Waals surface area contributed by atoms with Gasteiger partial charge in [-0.15, -0.1) is 0 Å². The minimum Gasteiger partial charge on any atom is -0.271 e. The number of carbonyl (C=O) groups excluding carboxylic acids is 1. The zero-order chi connectivity index (χ0) is 17.9. The molecule has 2 aromatic rings. The van der Waals surface area contributed by atoms with E-state index in [-0.39, 0.29) is 16.9 Å². The molecule has 1 amide bonds. The molecule has 2 rings (SSSR count). The molecule has 2 heterocycles. The van der Waals surface area contributed by atoms with E-state index in [1.807, 2.05) is 0 Å². The summed E-state index contributed by atoms with van der Waals surface area (Å²) in [5, 5.41) is 22.2. The molecule has 0 fully saturated rings. The number of hydrazone groups is 1. The van der Waals surface area contributed by atoms with Crippen molar-refractivity contribution in [1.29, 1.82) is 0 Å². The number of aryl methyl sites for hydroxylation is 2. The summed E-state index contributed by atoms with van der Waals surface area (Å²) in [6, 6.07) is -0.822. The fourth-order valence-electron chi connectivity index (χ4n) is 1.92. The average molecular weight is 337 g/mol. The third-order valence-electron chi connectivity index (χ3n) is 3.34. The van der Waals surface area contributed by atoms with E-state index in [1.54, 1.807) is 6.92 Å². The lowest BCUT2D eigenvalue weighted by atomic mass is 10.3. The van der Waals surface area contributed by atoms with Crippen LogP contribution in [0.15, 0.2) is 17.5 Å². The second-order valence-electron chi connectivity index (χ2n) is 4.95. The lowest BCUT2D eigenvalue weighted by molar-refractivity contribution is -0.385. The second-order valence-corrected chi connectivity index (χ2v) is 4.95. The maximum atomic E-state index is 13.7. The summed E-state index contributed by atoms with van der Waals surface area (Å²) in [4.78, 5) is 22.2. The number of halogens is 1. The van der Waals surface area contributed by atoms with E-state index in [0.29, 0.717) is 6.54 Å². The van der Waals surface area contributed by atoms with Crippen LogP contribution in [0.5, 0.6) is 0 Å². The summed E-state index contributed by atoms with van der Waals surface area (Å²) in [6.45, 7) is 5.11. The number of hydrogen-bond donors (Lipinski definition) is 1. The van der Waals surface area contributed by atoms with Crippen LogP contribution >= 0.6 is 0 Å². The van der Waals surface area contributed by atoms with Gasteiger partial charge in [0, 0.05) is 6.54 Å². The van der Waals surface area contributed by atoms with Gasteiger partial charge in [-0.1, -0.05) is 0 Å². The van der Waals surface area contributed by atoms with Crippen molar-refractivity contribution in [2.75, 3.05) is 0 Å². The van der Waals surface area contributed by atoms with Gasteiger partial charge < -0.3 is 0 Å². The van der Waals surface area contributed by atoms with Crippen molar-refractivity contribution in [2.24, 2.45) is 5.10 Å². The molecule has 10 nitrogen and oxygen atoms in total. The lowest BCUT2D eigenvalue weighted by Gasteiger charge is -2.09. The number of hydrogen-bond acceptors (Lipinski definition) is 6. The van der Waals surface area contributed by atoms with Crippen molar-refractivity contribution in [3.05, 3.63) is 39.7 Å². The fraction of sp³-hybridized carbons (Fsp3) is 0.385. The van der Waals surface area contributed by atoms with Gasteiger partial charge in [-0.25, -0.2) is 10.1 Å². The Morgan fingerprint density at radius 1 is 1.62 bits per heavy atom. The number of amides is 1. The van der Waals surface area contributed by atoms with Crippen LogP contribution in [0.1, 0.15) is 31.1 Å². The summed E-state index contributed by atoms with van der Waals surface area (Å²) < 4.78 is 16.0. The highest BCUT2D eigenvalue weighted by atomic mass is 19.1. The van der Waals surface area contributed by atoms with E-state index in [9.17, 15) is 19.3 Å². The molecule has 1 N–H and O–H groups in total. The number of aromatic nitrogens is 4. The lowest BCUT2D eigenvalue weighted by Crippen LogP contribution is -2.27. The zero-order valence-corrected chi connectivity index (χ0v) is 13.3. The minimum absolute atomic E-state index is 0.135. The molecule has 0 saturated heterocycles. The molecule has 0 spiro atoms. The van der Waals surface area contributed by atoms with Gasteiger partial charge in [-0.2, -0.15) is 19.7 Å². The van der Waals surface area contributed by atoms with Crippen LogP contribution in [0, 0.1) is 23.0 Å². The molecule has 1 unspecified atom stereocenters. The van der Waals surface area contributed by atoms with Crippen molar-refractivity contribution < 1.29 is 14.1 Å². The highest BCUT2D eigenvalue weighted by molar-refractivity contribution is 5.83. The molecular weight excluding hydrogens is 321 g/mol. The molecule has 2 aromatic heterocycles. The Bertz CT molecular complexity index is 796. The maximum absolute atomic E-state index is 13.7. The Morgan fingerprint density at radius 3 is 2.88 bits per heavy atom. The number of rotatable bonds is 6. The molecule has 0 saturated carbocycles. The van der Waals surface area contributed by atoms with E-state index in [1.165, 1.54) is 30.9 Å². The van der Waals surface area contributed by atoms with Crippen molar-refractivity contribution in [3.8, 4) is 0 Å². The van der Waals surface area contributed by atoms with Crippen LogP contribution in [0.3, 0.4) is 0 Å². The van der Waals surface area contributed by atoms with Crippen molar-refractivity contribution in [1.82, 2.24) is 25.0 Å². The van der Waals surface area contributed by atoms with Crippen LogP contribution in [0.4, 0.5) is 10.1 Å². The smallest absolute Gasteiger partial charge is 0.271 e. The van der Waals surface area contributed by atoms with Gasteiger partial charge in [-0.3, -0.25) is 19.6 Å². The summed E-state index contributed by atoms with van der Waals surface area (Å²) in [5.41, 5.74) is 2.40. The van der Waals surface area contributed by atoms with Gasteiger partial charge in [-0.05, 0) is 20.8 Å². The van der Waals surface area contributed by atoms with Gasteiger partial charge in [0.1, 0.15) is 17.9 Å². The summed E-state index contributed by atoms with van der Waals surface area (Å²) in [5.74, 6) is -1.10. The van der Waals surface area contributed by atoms with Gasteiger partial charge in [0.05, 0.1) is 22.9 Å².